The van der Waals surface area contributed by atoms with Gasteiger partial charge in [0.05, 0.1) is 6.04 Å². The molecule has 0 aliphatic rings. The summed E-state index contributed by atoms with van der Waals surface area (Å²) in [4.78, 5) is 0. The summed E-state index contributed by atoms with van der Waals surface area (Å²) in [6.45, 7) is 0. The van der Waals surface area contributed by atoms with Crippen molar-refractivity contribution in [3.63, 3.8) is 0 Å². The minimum atomic E-state index is -2.98. The first-order valence-corrected chi connectivity index (χ1v) is 3.51. The lowest BCUT2D eigenvalue weighted by Gasteiger charge is -2.12. The maximum absolute atomic E-state index is 12.8. The van der Waals surface area contributed by atoms with Gasteiger partial charge in [-0.1, -0.05) is 6.07 Å². The number of hydrogen-bond acceptors (Lipinski definition) is 1. The highest BCUT2D eigenvalue weighted by Gasteiger charge is 2.24. The Morgan fingerprint density at radius 2 is 1.54 bits per heavy atom. The van der Waals surface area contributed by atoms with Gasteiger partial charge in [0.25, 0.3) is 6.43 Å². The van der Waals surface area contributed by atoms with Crippen molar-refractivity contribution in [3.8, 4) is 0 Å². The molecule has 1 unspecified atom stereocenters. The predicted molar refractivity (Wildman–Crippen MR) is 39.3 cm³/mol. The predicted octanol–water partition coefficient (Wildman–Crippen LogP) is 2.23. The summed E-state index contributed by atoms with van der Waals surface area (Å²) in [5, 5.41) is 0. The van der Waals surface area contributed by atoms with Crippen LogP contribution in [0.4, 0.5) is 17.6 Å². The number of rotatable bonds is 2. The van der Waals surface area contributed by atoms with Crippen LogP contribution in [0.5, 0.6) is 0 Å². The van der Waals surface area contributed by atoms with Crippen LogP contribution < -0.4 is 5.73 Å². The van der Waals surface area contributed by atoms with E-state index in [1.807, 2.05) is 0 Å². The highest BCUT2D eigenvalue weighted by atomic mass is 19.3. The lowest BCUT2D eigenvalue weighted by Crippen LogP contribution is -2.21. The summed E-state index contributed by atoms with van der Waals surface area (Å²) in [5.74, 6) is -2.10. The van der Waals surface area contributed by atoms with E-state index in [1.165, 1.54) is 0 Å². The van der Waals surface area contributed by atoms with E-state index in [9.17, 15) is 17.6 Å². The molecule has 0 saturated heterocycles. The van der Waals surface area contributed by atoms with Crippen molar-refractivity contribution in [3.05, 3.63) is 35.4 Å². The summed E-state index contributed by atoms with van der Waals surface area (Å²) in [6.07, 6.45) is -2.98. The fraction of sp³-hybridized carbons (Fsp3) is 0.250. The van der Waals surface area contributed by atoms with Gasteiger partial charge in [0, 0.05) is 5.56 Å². The quantitative estimate of drug-likeness (QED) is 0.716. The monoisotopic (exact) mass is 193 g/mol. The highest BCUT2D eigenvalue weighted by molar-refractivity contribution is 5.23. The van der Waals surface area contributed by atoms with Crippen LogP contribution in [-0.2, 0) is 0 Å². The van der Waals surface area contributed by atoms with Gasteiger partial charge < -0.3 is 5.73 Å². The van der Waals surface area contributed by atoms with Crippen LogP contribution in [0, 0.1) is 11.6 Å². The first kappa shape index (κ1) is 9.98. The van der Waals surface area contributed by atoms with Crippen LogP contribution in [-0.4, -0.2) is 6.43 Å². The molecule has 0 amide bonds. The molecule has 1 aromatic carbocycles. The van der Waals surface area contributed by atoms with E-state index in [0.29, 0.717) is 0 Å². The Hall–Kier alpha value is -1.10. The lowest BCUT2D eigenvalue weighted by molar-refractivity contribution is 0.113. The SMILES string of the molecule is NC(c1c(F)cccc1F)C(F)F. The third-order valence-corrected chi connectivity index (χ3v) is 1.60. The average Bonchev–Trinajstić information content (AvgIpc) is 2.03. The van der Waals surface area contributed by atoms with Crippen molar-refractivity contribution >= 4 is 0 Å². The Balaban J connectivity index is 3.12. The fourth-order valence-corrected chi connectivity index (χ4v) is 0.955. The Labute approximate surface area is 72.2 Å². The van der Waals surface area contributed by atoms with Crippen molar-refractivity contribution in [2.75, 3.05) is 0 Å². The van der Waals surface area contributed by atoms with Crippen molar-refractivity contribution in [1.82, 2.24) is 0 Å². The first-order chi connectivity index (χ1) is 6.04. The smallest absolute Gasteiger partial charge is 0.257 e. The molecule has 0 radical (unpaired) electrons. The molecule has 0 saturated carbocycles. The molecule has 1 atom stereocenters. The molecule has 1 nitrogen and oxygen atoms in total. The largest absolute Gasteiger partial charge is 0.319 e. The van der Waals surface area contributed by atoms with Gasteiger partial charge in [-0.2, -0.15) is 0 Å². The van der Waals surface area contributed by atoms with Crippen molar-refractivity contribution < 1.29 is 17.6 Å². The molecule has 0 aliphatic carbocycles. The van der Waals surface area contributed by atoms with E-state index in [2.05, 4.69) is 0 Å². The van der Waals surface area contributed by atoms with E-state index in [1.54, 1.807) is 0 Å². The number of nitrogens with two attached hydrogens (primary N) is 1. The van der Waals surface area contributed by atoms with Gasteiger partial charge in [-0.25, -0.2) is 17.6 Å². The van der Waals surface area contributed by atoms with E-state index >= 15 is 0 Å². The lowest BCUT2D eigenvalue weighted by atomic mass is 10.1. The second-order valence-electron chi connectivity index (χ2n) is 2.50. The summed E-state index contributed by atoms with van der Waals surface area (Å²) in [7, 11) is 0. The number of halogens is 4. The Kier molecular flexibility index (Phi) is 2.87. The summed E-state index contributed by atoms with van der Waals surface area (Å²) in [6, 6.07) is 0.953. The Morgan fingerprint density at radius 3 is 1.92 bits per heavy atom. The van der Waals surface area contributed by atoms with E-state index in [4.69, 9.17) is 5.73 Å². The number of hydrogen-bond donors (Lipinski definition) is 1. The van der Waals surface area contributed by atoms with E-state index in [0.717, 1.165) is 18.2 Å². The first-order valence-electron chi connectivity index (χ1n) is 3.51. The van der Waals surface area contributed by atoms with Gasteiger partial charge in [-0.05, 0) is 12.1 Å². The number of benzene rings is 1. The molecule has 0 aromatic heterocycles. The molecular formula is C8H7F4N. The van der Waals surface area contributed by atoms with Gasteiger partial charge in [0.2, 0.25) is 0 Å². The second-order valence-corrected chi connectivity index (χ2v) is 2.50. The standard InChI is InChI=1S/C8H7F4N/c9-4-2-1-3-5(10)6(4)7(13)8(11)12/h1-3,7-8H,13H2. The van der Waals surface area contributed by atoms with Gasteiger partial charge in [0.15, 0.2) is 0 Å². The van der Waals surface area contributed by atoms with Crippen LogP contribution in [0.2, 0.25) is 0 Å². The van der Waals surface area contributed by atoms with Gasteiger partial charge >= 0.3 is 0 Å². The number of alkyl halides is 2. The molecular weight excluding hydrogens is 186 g/mol. The van der Waals surface area contributed by atoms with E-state index in [-0.39, 0.29) is 0 Å². The summed E-state index contributed by atoms with van der Waals surface area (Å²) < 4.78 is 49.6. The zero-order valence-corrected chi connectivity index (χ0v) is 6.48. The molecule has 0 fully saturated rings. The van der Waals surface area contributed by atoms with E-state index < -0.39 is 29.7 Å². The van der Waals surface area contributed by atoms with Gasteiger partial charge in [-0.3, -0.25) is 0 Å². The normalized spacial score (nSPS) is 13.4. The van der Waals surface area contributed by atoms with Crippen LogP contribution in [0.1, 0.15) is 11.6 Å². The van der Waals surface area contributed by atoms with Crippen LogP contribution >= 0.6 is 0 Å². The molecule has 1 aromatic rings. The fourth-order valence-electron chi connectivity index (χ4n) is 0.955. The van der Waals surface area contributed by atoms with Crippen molar-refractivity contribution in [1.29, 1.82) is 0 Å². The minimum absolute atomic E-state index is 0.766. The molecule has 13 heavy (non-hydrogen) atoms. The zero-order valence-electron chi connectivity index (χ0n) is 6.48. The third-order valence-electron chi connectivity index (χ3n) is 1.60. The van der Waals surface area contributed by atoms with Crippen molar-refractivity contribution in [2.45, 2.75) is 12.5 Å². The van der Waals surface area contributed by atoms with Gasteiger partial charge in [0.1, 0.15) is 11.6 Å². The summed E-state index contributed by atoms with van der Waals surface area (Å²) in [5.41, 5.74) is 4.14. The second kappa shape index (κ2) is 3.74. The minimum Gasteiger partial charge on any atom is -0.319 e. The van der Waals surface area contributed by atoms with Crippen LogP contribution in [0.15, 0.2) is 18.2 Å². The Morgan fingerprint density at radius 1 is 1.08 bits per heavy atom. The van der Waals surface area contributed by atoms with Gasteiger partial charge in [-0.15, -0.1) is 0 Å². The maximum atomic E-state index is 12.8. The molecule has 2 N–H and O–H groups in total. The van der Waals surface area contributed by atoms with Crippen molar-refractivity contribution in [2.24, 2.45) is 5.73 Å². The van der Waals surface area contributed by atoms with Crippen LogP contribution in [0.3, 0.4) is 0 Å². The molecule has 72 valence electrons. The molecule has 1 rings (SSSR count). The molecule has 0 heterocycles. The molecule has 0 spiro atoms. The molecule has 0 bridgehead atoms. The zero-order chi connectivity index (χ0) is 10.0. The Bertz CT molecular complexity index is 280. The molecule has 5 heteroatoms. The topological polar surface area (TPSA) is 26.0 Å². The molecule has 0 aliphatic heterocycles. The highest BCUT2D eigenvalue weighted by Crippen LogP contribution is 2.23. The van der Waals surface area contributed by atoms with Crippen LogP contribution in [0.25, 0.3) is 0 Å². The maximum Gasteiger partial charge on any atom is 0.257 e. The summed E-state index contributed by atoms with van der Waals surface area (Å²) >= 11 is 0. The third kappa shape index (κ3) is 1.98. The average molecular weight is 193 g/mol.